The maximum atomic E-state index is 12.9. The van der Waals surface area contributed by atoms with Gasteiger partial charge in [0.1, 0.15) is 5.82 Å². The maximum Gasteiger partial charge on any atom is 0.237 e. The Balaban J connectivity index is 1.87. The number of benzene rings is 1. The minimum Gasteiger partial charge on any atom is -0.354 e. The van der Waals surface area contributed by atoms with E-state index >= 15 is 0 Å². The molecule has 0 saturated heterocycles. The van der Waals surface area contributed by atoms with Gasteiger partial charge < -0.3 is 11.1 Å². The number of aromatic nitrogens is 2. The predicted octanol–water partition coefficient (Wildman–Crippen LogP) is 1.65. The summed E-state index contributed by atoms with van der Waals surface area (Å²) in [5, 5.41) is 7.20. The molecule has 6 heteroatoms. The Kier molecular flexibility index (Phi) is 5.27. The zero-order chi connectivity index (χ0) is 16.1. The van der Waals surface area contributed by atoms with Crippen molar-refractivity contribution >= 4 is 5.91 Å². The molecule has 0 fully saturated rings. The molecule has 22 heavy (non-hydrogen) atoms. The number of carbonyl (C=O) groups is 1. The highest BCUT2D eigenvalue weighted by Gasteiger charge is 2.16. The molecule has 5 nitrogen and oxygen atoms in total. The monoisotopic (exact) mass is 304 g/mol. The lowest BCUT2D eigenvalue weighted by Crippen LogP contribution is -2.44. The highest BCUT2D eigenvalue weighted by Crippen LogP contribution is 2.09. The van der Waals surface area contributed by atoms with E-state index in [1.165, 1.54) is 12.1 Å². The summed E-state index contributed by atoms with van der Waals surface area (Å²) in [7, 11) is 0. The Morgan fingerprint density at radius 1 is 1.32 bits per heavy atom. The Hall–Kier alpha value is -2.21. The van der Waals surface area contributed by atoms with E-state index < -0.39 is 6.04 Å². The molecule has 3 N–H and O–H groups in total. The van der Waals surface area contributed by atoms with Gasteiger partial charge in [0.2, 0.25) is 5.91 Å². The van der Waals surface area contributed by atoms with Crippen molar-refractivity contribution in [3.63, 3.8) is 0 Å². The Morgan fingerprint density at radius 3 is 2.64 bits per heavy atom. The number of rotatable bonds is 6. The quantitative estimate of drug-likeness (QED) is 0.852. The van der Waals surface area contributed by atoms with Crippen molar-refractivity contribution in [2.75, 3.05) is 6.54 Å². The Labute approximate surface area is 129 Å². The fraction of sp³-hybridized carbons (Fsp3) is 0.375. The molecule has 0 bridgehead atoms. The first-order chi connectivity index (χ1) is 10.5. The van der Waals surface area contributed by atoms with Crippen molar-refractivity contribution in [1.29, 1.82) is 0 Å². The fourth-order valence-electron chi connectivity index (χ4n) is 1.97. The number of amides is 1. The molecule has 1 atom stereocenters. The predicted molar refractivity (Wildman–Crippen MR) is 83.0 cm³/mol. The topological polar surface area (TPSA) is 72.9 Å². The summed E-state index contributed by atoms with van der Waals surface area (Å²) in [6, 6.07) is 7.49. The van der Waals surface area contributed by atoms with Gasteiger partial charge in [-0.15, -0.1) is 0 Å². The molecule has 1 heterocycles. The number of carbonyl (C=O) groups excluding carboxylic acids is 1. The number of nitrogens with zero attached hydrogens (tertiary/aromatic N) is 2. The first-order valence-corrected chi connectivity index (χ1v) is 7.31. The number of hydrogen-bond donors (Lipinski definition) is 2. The third-order valence-electron chi connectivity index (χ3n) is 3.44. The van der Waals surface area contributed by atoms with E-state index in [1.807, 2.05) is 26.1 Å². The second kappa shape index (κ2) is 7.17. The van der Waals surface area contributed by atoms with E-state index in [0.29, 0.717) is 13.0 Å². The van der Waals surface area contributed by atoms with Gasteiger partial charge in [-0.05, 0) is 36.2 Å². The summed E-state index contributed by atoms with van der Waals surface area (Å²) < 4.78 is 14.6. The number of nitrogens with two attached hydrogens (primary N) is 1. The van der Waals surface area contributed by atoms with Crippen molar-refractivity contribution in [1.82, 2.24) is 15.1 Å². The van der Waals surface area contributed by atoms with Crippen LogP contribution in [0.15, 0.2) is 36.5 Å². The van der Waals surface area contributed by atoms with Gasteiger partial charge in [-0.25, -0.2) is 9.07 Å². The smallest absolute Gasteiger partial charge is 0.237 e. The van der Waals surface area contributed by atoms with Gasteiger partial charge >= 0.3 is 0 Å². The maximum absolute atomic E-state index is 12.9. The molecule has 2 aromatic rings. The summed E-state index contributed by atoms with van der Waals surface area (Å²) in [5.74, 6) is -0.314. The lowest BCUT2D eigenvalue weighted by atomic mass is 10.1. The second-order valence-electron chi connectivity index (χ2n) is 5.54. The van der Waals surface area contributed by atoms with Gasteiger partial charge in [-0.1, -0.05) is 13.8 Å². The van der Waals surface area contributed by atoms with Crippen LogP contribution in [-0.2, 0) is 11.2 Å². The van der Waals surface area contributed by atoms with Gasteiger partial charge in [0, 0.05) is 19.2 Å². The molecule has 0 radical (unpaired) electrons. The van der Waals surface area contributed by atoms with E-state index in [4.69, 9.17) is 5.73 Å². The van der Waals surface area contributed by atoms with Crippen molar-refractivity contribution in [3.8, 4) is 5.69 Å². The minimum absolute atomic E-state index is 0.109. The normalized spacial score (nSPS) is 12.4. The number of hydrogen-bond acceptors (Lipinski definition) is 3. The van der Waals surface area contributed by atoms with Crippen LogP contribution in [0.4, 0.5) is 4.39 Å². The van der Waals surface area contributed by atoms with Crippen LogP contribution in [0.3, 0.4) is 0 Å². The van der Waals surface area contributed by atoms with Crippen LogP contribution < -0.4 is 11.1 Å². The summed E-state index contributed by atoms with van der Waals surface area (Å²) in [6.45, 7) is 4.31. The molecule has 118 valence electrons. The van der Waals surface area contributed by atoms with Gasteiger partial charge in [0.15, 0.2) is 0 Å². The minimum atomic E-state index is -0.489. The van der Waals surface area contributed by atoms with Gasteiger partial charge in [-0.3, -0.25) is 4.79 Å². The Bertz CT molecular complexity index is 621. The summed E-state index contributed by atoms with van der Waals surface area (Å²) in [5.41, 5.74) is 7.41. The standard InChI is InChI=1S/C16H21FN4O/c1-11(2)15(18)16(22)19-9-7-13-8-10-21(20-13)14-5-3-12(17)4-6-14/h3-6,8,10-11,15H,7,9,18H2,1-2H3,(H,19,22)/t15-/m0/s1. The summed E-state index contributed by atoms with van der Waals surface area (Å²) >= 11 is 0. The lowest BCUT2D eigenvalue weighted by molar-refractivity contribution is -0.123. The van der Waals surface area contributed by atoms with Crippen LogP contribution in [0.5, 0.6) is 0 Å². The second-order valence-corrected chi connectivity index (χ2v) is 5.54. The number of halogens is 1. The molecular formula is C16H21FN4O. The lowest BCUT2D eigenvalue weighted by Gasteiger charge is -2.14. The molecule has 2 rings (SSSR count). The van der Waals surface area contributed by atoms with E-state index in [1.54, 1.807) is 16.8 Å². The average molecular weight is 304 g/mol. The molecule has 0 aliphatic heterocycles. The summed E-state index contributed by atoms with van der Waals surface area (Å²) in [4.78, 5) is 11.7. The van der Waals surface area contributed by atoms with E-state index in [9.17, 15) is 9.18 Å². The van der Waals surface area contributed by atoms with Crippen molar-refractivity contribution in [3.05, 3.63) is 48.0 Å². The van der Waals surface area contributed by atoms with Crippen molar-refractivity contribution in [2.45, 2.75) is 26.3 Å². The molecule has 0 spiro atoms. The molecule has 0 saturated carbocycles. The Morgan fingerprint density at radius 2 is 2.00 bits per heavy atom. The van der Waals surface area contributed by atoms with Crippen LogP contribution in [0, 0.1) is 11.7 Å². The van der Waals surface area contributed by atoms with Crippen molar-refractivity contribution < 1.29 is 9.18 Å². The SMILES string of the molecule is CC(C)[C@H](N)C(=O)NCCc1ccn(-c2ccc(F)cc2)n1. The highest BCUT2D eigenvalue weighted by molar-refractivity contribution is 5.81. The largest absolute Gasteiger partial charge is 0.354 e. The van der Waals surface area contributed by atoms with Gasteiger partial charge in [-0.2, -0.15) is 5.10 Å². The van der Waals surface area contributed by atoms with Crippen LogP contribution in [0.25, 0.3) is 5.69 Å². The fourth-order valence-corrected chi connectivity index (χ4v) is 1.97. The summed E-state index contributed by atoms with van der Waals surface area (Å²) in [6.07, 6.45) is 2.43. The van der Waals surface area contributed by atoms with Gasteiger partial charge in [0.05, 0.1) is 17.4 Å². The van der Waals surface area contributed by atoms with Crippen LogP contribution in [0.1, 0.15) is 19.5 Å². The van der Waals surface area contributed by atoms with E-state index in [0.717, 1.165) is 11.4 Å². The molecule has 0 aliphatic rings. The van der Waals surface area contributed by atoms with Crippen LogP contribution in [-0.4, -0.2) is 28.3 Å². The average Bonchev–Trinajstić information content (AvgIpc) is 2.95. The molecule has 0 unspecified atom stereocenters. The van der Waals surface area contributed by atoms with E-state index in [-0.39, 0.29) is 17.6 Å². The van der Waals surface area contributed by atoms with Crippen LogP contribution >= 0.6 is 0 Å². The highest BCUT2D eigenvalue weighted by atomic mass is 19.1. The molecule has 1 amide bonds. The van der Waals surface area contributed by atoms with E-state index in [2.05, 4.69) is 10.4 Å². The zero-order valence-corrected chi connectivity index (χ0v) is 12.8. The third-order valence-corrected chi connectivity index (χ3v) is 3.44. The van der Waals surface area contributed by atoms with Crippen LogP contribution in [0.2, 0.25) is 0 Å². The zero-order valence-electron chi connectivity index (χ0n) is 12.8. The third kappa shape index (κ3) is 4.14. The molecule has 0 aliphatic carbocycles. The molecule has 1 aromatic carbocycles. The van der Waals surface area contributed by atoms with Gasteiger partial charge in [0.25, 0.3) is 0 Å². The van der Waals surface area contributed by atoms with Crippen molar-refractivity contribution in [2.24, 2.45) is 11.7 Å². The first kappa shape index (κ1) is 16.2. The first-order valence-electron chi connectivity index (χ1n) is 7.31. The molecule has 1 aromatic heterocycles. The molecular weight excluding hydrogens is 283 g/mol. The number of nitrogens with one attached hydrogen (secondary N) is 1.